The van der Waals surface area contributed by atoms with Crippen molar-refractivity contribution in [1.82, 2.24) is 14.5 Å². The molecule has 0 aliphatic carbocycles. The number of aromatic amines is 1. The van der Waals surface area contributed by atoms with Gasteiger partial charge in [0.05, 0.1) is 11.8 Å². The monoisotopic (exact) mass is 335 g/mol. The molecule has 0 bridgehead atoms. The van der Waals surface area contributed by atoms with Crippen molar-refractivity contribution in [2.24, 2.45) is 18.9 Å². The number of halogens is 3. The van der Waals surface area contributed by atoms with Gasteiger partial charge in [0.1, 0.15) is 5.56 Å². The fraction of sp³-hybridized carbons (Fsp3) is 0.500. The molecule has 0 unspecified atom stereocenters. The Bertz CT molecular complexity index is 766. The first-order chi connectivity index (χ1) is 10.5. The molecule has 1 aliphatic rings. The van der Waals surface area contributed by atoms with E-state index in [0.29, 0.717) is 9.47 Å². The average molecular weight is 335 g/mol. The first-order valence-corrected chi connectivity index (χ1v) is 6.41. The van der Waals surface area contributed by atoms with Crippen LogP contribution in [0.5, 0.6) is 0 Å². The number of nitrogens with zero attached hydrogens (tertiary/aromatic N) is 2. The molecular formula is C12H12F3N3O5. The molecule has 2 atom stereocenters. The van der Waals surface area contributed by atoms with E-state index in [1.807, 2.05) is 0 Å². The number of aromatic nitrogens is 2. The van der Waals surface area contributed by atoms with Gasteiger partial charge in [0.15, 0.2) is 0 Å². The second-order valence-electron chi connectivity index (χ2n) is 5.17. The van der Waals surface area contributed by atoms with Crippen LogP contribution in [0.2, 0.25) is 0 Å². The Morgan fingerprint density at radius 1 is 1.30 bits per heavy atom. The van der Waals surface area contributed by atoms with Crippen molar-refractivity contribution >= 4 is 11.9 Å². The zero-order chi connectivity index (χ0) is 17.5. The molecule has 1 fully saturated rings. The Kier molecular flexibility index (Phi) is 4.05. The molecule has 1 aromatic heterocycles. The second-order valence-corrected chi connectivity index (χ2v) is 5.17. The number of alkyl halides is 3. The highest BCUT2D eigenvalue weighted by atomic mass is 19.4. The third-order valence-corrected chi connectivity index (χ3v) is 3.75. The van der Waals surface area contributed by atoms with Crippen LogP contribution in [0.15, 0.2) is 15.8 Å². The summed E-state index contributed by atoms with van der Waals surface area (Å²) in [5.74, 6) is -6.74. The highest BCUT2D eigenvalue weighted by Gasteiger charge is 2.53. The van der Waals surface area contributed by atoms with Crippen LogP contribution in [0, 0.1) is 11.8 Å². The zero-order valence-corrected chi connectivity index (χ0v) is 11.8. The van der Waals surface area contributed by atoms with Crippen LogP contribution in [0.25, 0.3) is 0 Å². The van der Waals surface area contributed by atoms with Crippen LogP contribution in [0.3, 0.4) is 0 Å². The number of nitrogens with one attached hydrogen (secondary N) is 1. The fourth-order valence-corrected chi connectivity index (χ4v) is 2.44. The molecule has 126 valence electrons. The lowest BCUT2D eigenvalue weighted by Gasteiger charge is -2.18. The maximum atomic E-state index is 12.9. The van der Waals surface area contributed by atoms with Gasteiger partial charge in [0.25, 0.3) is 11.5 Å². The molecule has 1 saturated heterocycles. The third kappa shape index (κ3) is 2.98. The van der Waals surface area contributed by atoms with Crippen molar-refractivity contribution in [2.45, 2.75) is 6.18 Å². The van der Waals surface area contributed by atoms with Crippen molar-refractivity contribution in [3.63, 3.8) is 0 Å². The Morgan fingerprint density at radius 3 is 2.39 bits per heavy atom. The van der Waals surface area contributed by atoms with E-state index in [9.17, 15) is 32.3 Å². The van der Waals surface area contributed by atoms with Crippen molar-refractivity contribution in [3.05, 3.63) is 32.6 Å². The van der Waals surface area contributed by atoms with E-state index >= 15 is 0 Å². The van der Waals surface area contributed by atoms with Gasteiger partial charge < -0.3 is 15.0 Å². The number of carboxylic acid groups (broad SMARTS) is 1. The highest BCUT2D eigenvalue weighted by Crippen LogP contribution is 2.37. The standard InChI is InChI=1S/C12H12F3N3O5/c1-17-8(19)5(2-16-11(17)23)9(20)18-3-6(10(21)22)7(4-18)12(13,14)15/h2,6-7H,3-4H2,1H3,(H,16,23)(H,21,22)/t6-,7-/m1/s1. The van der Waals surface area contributed by atoms with Crippen molar-refractivity contribution in [1.29, 1.82) is 0 Å². The lowest BCUT2D eigenvalue weighted by Crippen LogP contribution is -2.40. The maximum Gasteiger partial charge on any atom is 0.394 e. The van der Waals surface area contributed by atoms with Gasteiger partial charge in [0, 0.05) is 26.3 Å². The highest BCUT2D eigenvalue weighted by molar-refractivity contribution is 5.94. The molecule has 1 amide bonds. The molecule has 11 heteroatoms. The average Bonchev–Trinajstić information content (AvgIpc) is 2.90. The predicted molar refractivity (Wildman–Crippen MR) is 68.9 cm³/mol. The lowest BCUT2D eigenvalue weighted by atomic mass is 9.96. The topological polar surface area (TPSA) is 112 Å². The lowest BCUT2D eigenvalue weighted by molar-refractivity contribution is -0.187. The maximum absolute atomic E-state index is 12.9. The van der Waals surface area contributed by atoms with Gasteiger partial charge in [-0.2, -0.15) is 13.2 Å². The Labute approximate surface area is 126 Å². The van der Waals surface area contributed by atoms with Crippen LogP contribution >= 0.6 is 0 Å². The number of carboxylic acids is 1. The van der Waals surface area contributed by atoms with E-state index in [2.05, 4.69) is 4.98 Å². The summed E-state index contributed by atoms with van der Waals surface area (Å²) < 4.78 is 39.3. The van der Waals surface area contributed by atoms with Gasteiger partial charge >= 0.3 is 17.8 Å². The Hall–Kier alpha value is -2.59. The van der Waals surface area contributed by atoms with Crippen LogP contribution in [0.1, 0.15) is 10.4 Å². The van der Waals surface area contributed by atoms with Crippen molar-refractivity contribution in [3.8, 4) is 0 Å². The van der Waals surface area contributed by atoms with Crippen LogP contribution < -0.4 is 11.2 Å². The summed E-state index contributed by atoms with van der Waals surface area (Å²) in [6, 6.07) is 0. The summed E-state index contributed by atoms with van der Waals surface area (Å²) in [4.78, 5) is 49.0. The molecule has 0 spiro atoms. The predicted octanol–water partition coefficient (Wildman–Crippen LogP) is -0.591. The number of H-pyrrole nitrogens is 1. The number of hydrogen-bond acceptors (Lipinski definition) is 4. The normalized spacial score (nSPS) is 21.5. The van der Waals surface area contributed by atoms with E-state index in [0.717, 1.165) is 13.2 Å². The molecule has 2 rings (SSSR count). The second kappa shape index (κ2) is 5.56. The van der Waals surface area contributed by atoms with Crippen LogP contribution in [-0.2, 0) is 11.8 Å². The molecule has 0 aromatic carbocycles. The number of carbonyl (C=O) groups is 2. The van der Waals surface area contributed by atoms with Gasteiger partial charge in [-0.05, 0) is 0 Å². The first kappa shape index (κ1) is 16.8. The van der Waals surface area contributed by atoms with E-state index in [1.165, 1.54) is 0 Å². The zero-order valence-electron chi connectivity index (χ0n) is 11.8. The SMILES string of the molecule is Cn1c(=O)[nH]cc(C(=O)N2C[C@@H](C(F)(F)F)[C@H](C(=O)O)C2)c1=O. The molecule has 2 heterocycles. The van der Waals surface area contributed by atoms with Gasteiger partial charge in [-0.15, -0.1) is 0 Å². The molecular weight excluding hydrogens is 323 g/mol. The minimum Gasteiger partial charge on any atom is -0.481 e. The number of rotatable bonds is 2. The molecule has 1 aliphatic heterocycles. The molecule has 0 saturated carbocycles. The number of amides is 1. The number of carbonyl (C=O) groups excluding carboxylic acids is 1. The molecule has 0 radical (unpaired) electrons. The Balaban J connectivity index is 2.35. The van der Waals surface area contributed by atoms with E-state index in [-0.39, 0.29) is 0 Å². The smallest absolute Gasteiger partial charge is 0.394 e. The summed E-state index contributed by atoms with van der Waals surface area (Å²) in [6.07, 6.45) is -3.97. The summed E-state index contributed by atoms with van der Waals surface area (Å²) >= 11 is 0. The Morgan fingerprint density at radius 2 is 1.91 bits per heavy atom. The van der Waals surface area contributed by atoms with E-state index in [1.54, 1.807) is 0 Å². The van der Waals surface area contributed by atoms with Crippen molar-refractivity contribution < 1.29 is 27.9 Å². The molecule has 1 aromatic rings. The first-order valence-electron chi connectivity index (χ1n) is 6.41. The minimum absolute atomic E-state index is 0.529. The van der Waals surface area contributed by atoms with E-state index in [4.69, 9.17) is 5.11 Å². The quantitative estimate of drug-likeness (QED) is 0.750. The molecule has 23 heavy (non-hydrogen) atoms. The number of hydrogen-bond donors (Lipinski definition) is 2. The largest absolute Gasteiger partial charge is 0.481 e. The molecule has 8 nitrogen and oxygen atoms in total. The number of aliphatic carboxylic acids is 1. The van der Waals surface area contributed by atoms with Gasteiger partial charge in [-0.25, -0.2) is 4.79 Å². The van der Waals surface area contributed by atoms with E-state index < -0.39 is 59.8 Å². The van der Waals surface area contributed by atoms with Crippen molar-refractivity contribution in [2.75, 3.05) is 13.1 Å². The summed E-state index contributed by atoms with van der Waals surface area (Å²) in [7, 11) is 1.10. The summed E-state index contributed by atoms with van der Waals surface area (Å²) in [5, 5.41) is 8.90. The molecule has 2 N–H and O–H groups in total. The van der Waals surface area contributed by atoms with Crippen LogP contribution in [0.4, 0.5) is 13.2 Å². The summed E-state index contributed by atoms with van der Waals surface area (Å²) in [6.45, 7) is -1.53. The van der Waals surface area contributed by atoms with Crippen LogP contribution in [-0.4, -0.2) is 50.7 Å². The fourth-order valence-electron chi connectivity index (χ4n) is 2.44. The van der Waals surface area contributed by atoms with Gasteiger partial charge in [-0.3, -0.25) is 19.0 Å². The van der Waals surface area contributed by atoms with Gasteiger partial charge in [-0.1, -0.05) is 0 Å². The van der Waals surface area contributed by atoms with Gasteiger partial charge in [0.2, 0.25) is 0 Å². The minimum atomic E-state index is -4.78. The number of likely N-dealkylation sites (tertiary alicyclic amines) is 1. The summed E-state index contributed by atoms with van der Waals surface area (Å²) in [5.41, 5.74) is -2.29. The third-order valence-electron chi connectivity index (χ3n) is 3.75.